The molecule has 1 heterocycles. The van der Waals surface area contributed by atoms with Gasteiger partial charge in [0.2, 0.25) is 11.8 Å². The first-order valence-corrected chi connectivity index (χ1v) is 8.84. The molecule has 0 unspecified atom stereocenters. The maximum atomic E-state index is 11.6. The molecule has 0 bridgehead atoms. The fourth-order valence-corrected chi connectivity index (χ4v) is 4.14. The molecule has 6 heteroatoms. The lowest BCUT2D eigenvalue weighted by Crippen LogP contribution is -2.38. The Bertz CT molecular complexity index is 310. The van der Waals surface area contributed by atoms with Crippen LogP contribution in [-0.2, 0) is 9.59 Å². The quantitative estimate of drug-likeness (QED) is 0.808. The number of thioether (sulfide) groups is 2. The van der Waals surface area contributed by atoms with Gasteiger partial charge in [-0.3, -0.25) is 9.59 Å². The van der Waals surface area contributed by atoms with E-state index in [2.05, 4.69) is 10.6 Å². The van der Waals surface area contributed by atoms with Crippen LogP contribution in [0.1, 0.15) is 27.2 Å². The van der Waals surface area contributed by atoms with Crippen LogP contribution >= 0.6 is 23.5 Å². The van der Waals surface area contributed by atoms with E-state index < -0.39 is 5.41 Å². The van der Waals surface area contributed by atoms with E-state index in [-0.39, 0.29) is 11.8 Å². The summed E-state index contributed by atoms with van der Waals surface area (Å²) in [6.07, 6.45) is 0.354. The van der Waals surface area contributed by atoms with E-state index >= 15 is 0 Å². The van der Waals surface area contributed by atoms with Crippen LogP contribution in [-0.4, -0.2) is 47.4 Å². The minimum Gasteiger partial charge on any atom is -0.355 e. The first-order chi connectivity index (χ1) is 8.89. The van der Waals surface area contributed by atoms with Gasteiger partial charge in [0.15, 0.2) is 0 Å². The Morgan fingerprint density at radius 2 is 1.95 bits per heavy atom. The number of amides is 2. The molecule has 1 rings (SSSR count). The molecule has 1 fully saturated rings. The van der Waals surface area contributed by atoms with E-state index in [0.717, 1.165) is 12.3 Å². The van der Waals surface area contributed by atoms with Gasteiger partial charge < -0.3 is 10.6 Å². The molecule has 0 spiro atoms. The molecule has 0 aliphatic carbocycles. The molecular weight excluding hydrogens is 280 g/mol. The second-order valence-electron chi connectivity index (χ2n) is 5.63. The summed E-state index contributed by atoms with van der Waals surface area (Å²) in [4.78, 5) is 23.2. The molecule has 2 N–H and O–H groups in total. The van der Waals surface area contributed by atoms with Gasteiger partial charge in [-0.1, -0.05) is 20.8 Å². The standard InChI is InChI=1S/C13H24N2O2S2/c1-13(2,3)12(17)14-5-4-11(16)15-8-10-9-18-6-7-19-10/h10H,4-9H2,1-3H3,(H,14,17)(H,15,16)/t10-/m0/s1. The largest absolute Gasteiger partial charge is 0.355 e. The molecule has 0 saturated carbocycles. The zero-order chi connectivity index (χ0) is 14.3. The molecule has 19 heavy (non-hydrogen) atoms. The first-order valence-electron chi connectivity index (χ1n) is 6.64. The van der Waals surface area contributed by atoms with Crippen molar-refractivity contribution in [2.45, 2.75) is 32.4 Å². The third kappa shape index (κ3) is 7.11. The SMILES string of the molecule is CC(C)(C)C(=O)NCCC(=O)NC[C@H]1CSCCS1. The minimum atomic E-state index is -0.396. The summed E-state index contributed by atoms with van der Waals surface area (Å²) in [7, 11) is 0. The van der Waals surface area contributed by atoms with Gasteiger partial charge >= 0.3 is 0 Å². The maximum absolute atomic E-state index is 11.6. The third-order valence-corrected chi connectivity index (χ3v) is 5.58. The van der Waals surface area contributed by atoms with Gasteiger partial charge in [0.1, 0.15) is 0 Å². The van der Waals surface area contributed by atoms with Crippen molar-refractivity contribution >= 4 is 35.3 Å². The highest BCUT2D eigenvalue weighted by atomic mass is 32.2. The second kappa shape index (κ2) is 8.04. The molecule has 1 aliphatic rings. The molecule has 110 valence electrons. The average molecular weight is 304 g/mol. The van der Waals surface area contributed by atoms with Crippen LogP contribution in [0, 0.1) is 5.41 Å². The number of rotatable bonds is 5. The molecule has 1 saturated heterocycles. The van der Waals surface area contributed by atoms with Gasteiger partial charge in [-0.15, -0.1) is 0 Å². The molecule has 1 aliphatic heterocycles. The van der Waals surface area contributed by atoms with Crippen molar-refractivity contribution in [1.82, 2.24) is 10.6 Å². The van der Waals surface area contributed by atoms with Crippen molar-refractivity contribution in [3.05, 3.63) is 0 Å². The van der Waals surface area contributed by atoms with E-state index in [4.69, 9.17) is 0 Å². The van der Waals surface area contributed by atoms with E-state index in [1.54, 1.807) is 0 Å². The van der Waals surface area contributed by atoms with Crippen LogP contribution < -0.4 is 10.6 Å². The van der Waals surface area contributed by atoms with Crippen molar-refractivity contribution in [3.63, 3.8) is 0 Å². The Morgan fingerprint density at radius 1 is 1.21 bits per heavy atom. The zero-order valence-corrected chi connectivity index (χ0v) is 13.6. The fourth-order valence-electron chi connectivity index (χ4n) is 1.53. The van der Waals surface area contributed by atoms with Crippen LogP contribution in [0.2, 0.25) is 0 Å². The number of hydrogen-bond donors (Lipinski definition) is 2. The summed E-state index contributed by atoms with van der Waals surface area (Å²) in [5.41, 5.74) is -0.396. The summed E-state index contributed by atoms with van der Waals surface area (Å²) in [6.45, 7) is 6.74. The second-order valence-corrected chi connectivity index (χ2v) is 8.19. The highest BCUT2D eigenvalue weighted by Crippen LogP contribution is 2.23. The number of carbonyl (C=O) groups is 2. The predicted molar refractivity (Wildman–Crippen MR) is 83.7 cm³/mol. The van der Waals surface area contributed by atoms with Gasteiger partial charge in [0.05, 0.1) is 0 Å². The van der Waals surface area contributed by atoms with Crippen LogP contribution in [0.25, 0.3) is 0 Å². The molecule has 0 radical (unpaired) electrons. The highest BCUT2D eigenvalue weighted by Gasteiger charge is 2.20. The lowest BCUT2D eigenvalue weighted by atomic mass is 9.96. The number of hydrogen-bond acceptors (Lipinski definition) is 4. The molecule has 0 aromatic rings. The third-order valence-electron chi connectivity index (χ3n) is 2.73. The average Bonchev–Trinajstić information content (AvgIpc) is 2.36. The minimum absolute atomic E-state index is 0.0143. The van der Waals surface area contributed by atoms with Crippen LogP contribution in [0.5, 0.6) is 0 Å². The Morgan fingerprint density at radius 3 is 2.53 bits per heavy atom. The summed E-state index contributed by atoms with van der Waals surface area (Å²) in [6, 6.07) is 0. The molecule has 0 aromatic heterocycles. The van der Waals surface area contributed by atoms with Crippen molar-refractivity contribution in [2.24, 2.45) is 5.41 Å². The van der Waals surface area contributed by atoms with E-state index in [0.29, 0.717) is 18.2 Å². The van der Waals surface area contributed by atoms with Crippen LogP contribution in [0.15, 0.2) is 0 Å². The Balaban J connectivity index is 2.09. The zero-order valence-electron chi connectivity index (χ0n) is 12.0. The monoisotopic (exact) mass is 304 g/mol. The van der Waals surface area contributed by atoms with Gasteiger partial charge in [0.25, 0.3) is 0 Å². The van der Waals surface area contributed by atoms with Crippen LogP contribution in [0.4, 0.5) is 0 Å². The summed E-state index contributed by atoms with van der Waals surface area (Å²) >= 11 is 3.88. The Labute approximate surface area is 124 Å². The molecular formula is C13H24N2O2S2. The van der Waals surface area contributed by atoms with Gasteiger partial charge in [-0.25, -0.2) is 0 Å². The lowest BCUT2D eigenvalue weighted by molar-refractivity contribution is -0.128. The normalized spacial score (nSPS) is 19.8. The van der Waals surface area contributed by atoms with Gasteiger partial charge in [-0.2, -0.15) is 23.5 Å². The lowest BCUT2D eigenvalue weighted by Gasteiger charge is -2.21. The van der Waals surface area contributed by atoms with Crippen molar-refractivity contribution in [2.75, 3.05) is 30.3 Å². The molecule has 0 aromatic carbocycles. The molecule has 4 nitrogen and oxygen atoms in total. The first kappa shape index (κ1) is 16.7. The van der Waals surface area contributed by atoms with E-state index in [9.17, 15) is 9.59 Å². The van der Waals surface area contributed by atoms with Crippen molar-refractivity contribution < 1.29 is 9.59 Å². The highest BCUT2D eigenvalue weighted by molar-refractivity contribution is 8.06. The van der Waals surface area contributed by atoms with E-state index in [1.807, 2.05) is 44.3 Å². The number of nitrogens with one attached hydrogen (secondary N) is 2. The van der Waals surface area contributed by atoms with Crippen molar-refractivity contribution in [3.8, 4) is 0 Å². The Kier molecular flexibility index (Phi) is 7.07. The maximum Gasteiger partial charge on any atom is 0.225 e. The van der Waals surface area contributed by atoms with Crippen molar-refractivity contribution in [1.29, 1.82) is 0 Å². The van der Waals surface area contributed by atoms with Gasteiger partial charge in [0, 0.05) is 47.4 Å². The number of carbonyl (C=O) groups excluding carboxylic acids is 2. The smallest absolute Gasteiger partial charge is 0.225 e. The van der Waals surface area contributed by atoms with Crippen LogP contribution in [0.3, 0.4) is 0 Å². The Hall–Kier alpha value is -0.360. The topological polar surface area (TPSA) is 58.2 Å². The summed E-state index contributed by atoms with van der Waals surface area (Å²) in [5.74, 6) is 3.51. The predicted octanol–water partition coefficient (Wildman–Crippen LogP) is 1.50. The summed E-state index contributed by atoms with van der Waals surface area (Å²) in [5, 5.41) is 6.26. The van der Waals surface area contributed by atoms with Gasteiger partial charge in [-0.05, 0) is 0 Å². The molecule has 1 atom stereocenters. The molecule has 2 amide bonds. The van der Waals surface area contributed by atoms with E-state index in [1.165, 1.54) is 11.5 Å². The fraction of sp³-hybridized carbons (Fsp3) is 0.846. The summed E-state index contributed by atoms with van der Waals surface area (Å²) < 4.78 is 0.